The maximum Gasteiger partial charge on any atom is -0.0318 e. The summed E-state index contributed by atoms with van der Waals surface area (Å²) in [6.07, 6.45) is 83.3. The molecule has 65 atom stereocenters. The van der Waals surface area contributed by atoms with E-state index in [2.05, 4.69) is 62.3 Å². The number of fused-ring (bicyclic) bond motifs is 79. The van der Waals surface area contributed by atoms with Crippen LogP contribution in [0.3, 0.4) is 0 Å². The van der Waals surface area contributed by atoms with E-state index in [1.807, 2.05) is 0 Å². The Labute approximate surface area is 775 Å². The quantitative estimate of drug-likeness (QED) is 0.212. The van der Waals surface area contributed by atoms with E-state index in [0.717, 1.165) is 107 Å². The average molecular weight is 1710 g/mol. The van der Waals surface area contributed by atoms with E-state index in [0.29, 0.717) is 0 Å². The van der Waals surface area contributed by atoms with E-state index in [-0.39, 0.29) is 0 Å². The van der Waals surface area contributed by atoms with Crippen LogP contribution in [0, 0.1) is 385 Å². The van der Waals surface area contributed by atoms with Gasteiger partial charge < -0.3 is 0 Å². The Morgan fingerprint density at radius 3 is 0.746 bits per heavy atom. The zero-order valence-corrected chi connectivity index (χ0v) is 83.3. The van der Waals surface area contributed by atoms with E-state index >= 15 is 0 Å². The lowest BCUT2D eigenvalue weighted by molar-refractivity contribution is -0.0142. The second kappa shape index (κ2) is 31.5. The normalized spacial score (nSPS) is 65.8. The lowest BCUT2D eigenvalue weighted by atomic mass is 9.55. The second-order valence-electron chi connectivity index (χ2n) is 60.7. The van der Waals surface area contributed by atoms with Crippen molar-refractivity contribution in [3.63, 3.8) is 0 Å². The van der Waals surface area contributed by atoms with Gasteiger partial charge in [-0.3, -0.25) is 0 Å². The van der Waals surface area contributed by atoms with Crippen LogP contribution < -0.4 is 0 Å². The van der Waals surface area contributed by atoms with Crippen LogP contribution >= 0.6 is 0 Å². The van der Waals surface area contributed by atoms with Crippen molar-refractivity contribution < 1.29 is 0 Å². The van der Waals surface area contributed by atoms with E-state index in [4.69, 9.17) is 0 Å². The van der Waals surface area contributed by atoms with Gasteiger partial charge in [0.15, 0.2) is 0 Å². The van der Waals surface area contributed by atoms with Crippen LogP contribution in [0.5, 0.6) is 0 Å². The lowest BCUT2D eigenvalue weighted by Gasteiger charge is -2.50. The minimum atomic E-state index is 1.08. The van der Waals surface area contributed by atoms with Gasteiger partial charge in [-0.05, 0) is 648 Å². The van der Waals surface area contributed by atoms with Gasteiger partial charge in [0.1, 0.15) is 0 Å². The first-order chi connectivity index (χ1) is 61.6. The first-order valence-electron chi connectivity index (χ1n) is 61.6. The fourth-order valence-corrected chi connectivity index (χ4v) is 55.5. The third-order valence-corrected chi connectivity index (χ3v) is 58.0. The van der Waals surface area contributed by atoms with Crippen molar-refractivity contribution in [2.45, 2.75) is 396 Å². The Morgan fingerprint density at radius 2 is 0.349 bits per heavy atom. The third kappa shape index (κ3) is 12.4. The minimum absolute atomic E-state index is 1.08. The highest BCUT2D eigenvalue weighted by atomic mass is 14.8. The molecule has 700 valence electrons. The number of rotatable bonds is 0. The summed E-state index contributed by atoms with van der Waals surface area (Å²) >= 11 is 0. The van der Waals surface area contributed by atoms with E-state index in [9.17, 15) is 0 Å². The molecule has 0 heterocycles. The monoisotopic (exact) mass is 1710 g/mol. The molecule has 0 spiro atoms. The molecule has 0 radical (unpaired) electrons. The first kappa shape index (κ1) is 83.0. The van der Waals surface area contributed by atoms with Crippen molar-refractivity contribution in [3.05, 3.63) is 0 Å². The van der Waals surface area contributed by atoms with Crippen LogP contribution in [0.2, 0.25) is 0 Å². The molecule has 0 aromatic carbocycles. The molecule has 0 amide bonds. The summed E-state index contributed by atoms with van der Waals surface area (Å²) in [5.74, 6) is 76.7. The summed E-state index contributed by atoms with van der Waals surface area (Å²) < 4.78 is 0. The molecule has 0 aromatic heterocycles. The van der Waals surface area contributed by atoms with Crippen molar-refractivity contribution in [2.24, 2.45) is 385 Å². The van der Waals surface area contributed by atoms with E-state index < -0.39 is 0 Å². The Bertz CT molecular complexity index is 3920. The SMILES string of the molecule is CC1CC2CC1C1C3CC(C4C5CCC(C5)C34)C21.CC1CC2CC1C1C3CC(C4CCC43)C21.CC1CC2CC1C1C3CC(C4CCCC43)C21.CC1CC2CC1C1C3CC(C4CCCCC43)C21.CC1CC2CC1C1C3CCC(C3)C21.CC1CC2CC1C1CC3CCCCC3CC21.CC1CC2CC1C1CCCC21.CC1CC2CC1C1CCCCC21.CC1CC2CCC1C2. The van der Waals surface area contributed by atoms with Crippen LogP contribution in [0.25, 0.3) is 0 Å². The topological polar surface area (TPSA) is 0 Å². The van der Waals surface area contributed by atoms with Gasteiger partial charge in [0.25, 0.3) is 0 Å². The summed E-state index contributed by atoms with van der Waals surface area (Å²) in [6, 6.07) is 0. The molecule has 37 aliphatic carbocycles. The van der Waals surface area contributed by atoms with Crippen molar-refractivity contribution in [2.75, 3.05) is 0 Å². The molecule has 30 bridgehead atoms. The van der Waals surface area contributed by atoms with Crippen molar-refractivity contribution in [1.29, 1.82) is 0 Å². The van der Waals surface area contributed by atoms with Crippen LogP contribution in [0.15, 0.2) is 0 Å². The fraction of sp³-hybridized carbons (Fsp3) is 1.00. The summed E-state index contributed by atoms with van der Waals surface area (Å²) in [5.41, 5.74) is 0. The molecule has 0 heteroatoms. The molecular formula is C126H196. The molecule has 37 aliphatic rings. The standard InChI is InChI=1S/C18H26.C17H26.C16H24.C16H26.C15H22.C13H20.C12H20.C11H18.C8H14/c1-8-4-11-6-12(8)18-14-7-13(17(11)18)15-9-2-3-10(5-9)16(14)15;1-9-6-10-7-13(9)17-15-8-14(16(10)17)11-4-2-3-5-12(11)15;1-8-5-9-6-12(8)16-14-7-13(15(9)16)10-3-2-4-11(10)14;1-10-6-13-9-14(10)16-8-12-5-3-2-4-11(12)7-15(13)16;1-7-4-8-5-11(7)15-13-6-12(14(8)15)9-2-3-10(9)13;1-7-4-10-6-11(7)13-9-3-2-8(5-9)12(10)13;1-8-6-9-7-12(8)11-5-3-2-4-10(9)11;1-7-5-8-6-11(7)10-4-2-3-9(8)10;1-6-4-7-2-3-8(6)5-7/h8-18H,2-7H2,1H3;9-17H,2-8H2,1H3;8-16H,2-7H2,1H3;10-16H,2-9H2,1H3;7-15H,2-6H2,1H3;7-13H,2-6H2,1H3;8-12H,2-7H2,1H3;7-11H,2-6H2,1H3;6-8H,2-5H2,1H3. The van der Waals surface area contributed by atoms with Gasteiger partial charge in [0, 0.05) is 0 Å². The summed E-state index contributed by atoms with van der Waals surface area (Å²) in [4.78, 5) is 0. The van der Waals surface area contributed by atoms with Crippen LogP contribution in [0.4, 0.5) is 0 Å². The Balaban J connectivity index is 0.0000000711. The fourth-order valence-electron chi connectivity index (χ4n) is 55.5. The Kier molecular flexibility index (Phi) is 20.8. The molecule has 37 fully saturated rings. The Morgan fingerprint density at radius 1 is 0.0952 bits per heavy atom. The molecule has 37 saturated carbocycles. The smallest absolute Gasteiger partial charge is 0.0318 e. The van der Waals surface area contributed by atoms with Gasteiger partial charge in [0.05, 0.1) is 0 Å². The largest absolute Gasteiger partial charge is 0.0622 e. The zero-order valence-electron chi connectivity index (χ0n) is 83.3. The molecule has 126 heavy (non-hydrogen) atoms. The molecule has 0 saturated heterocycles. The highest BCUT2D eigenvalue weighted by Gasteiger charge is 2.74. The van der Waals surface area contributed by atoms with Crippen molar-refractivity contribution >= 4 is 0 Å². The lowest BCUT2D eigenvalue weighted by Crippen LogP contribution is -2.44. The van der Waals surface area contributed by atoms with E-state index in [1.165, 1.54) is 285 Å². The van der Waals surface area contributed by atoms with Crippen LogP contribution in [0.1, 0.15) is 396 Å². The summed E-state index contributed by atoms with van der Waals surface area (Å²) in [6.45, 7) is 22.7. The predicted molar refractivity (Wildman–Crippen MR) is 518 cm³/mol. The van der Waals surface area contributed by atoms with E-state index in [1.54, 1.807) is 327 Å². The molecule has 65 unspecified atom stereocenters. The van der Waals surface area contributed by atoms with Gasteiger partial charge in [-0.1, -0.05) is 133 Å². The maximum atomic E-state index is 2.57. The maximum absolute atomic E-state index is 2.57. The van der Waals surface area contributed by atoms with Crippen LogP contribution in [-0.2, 0) is 0 Å². The predicted octanol–water partition coefficient (Wildman–Crippen LogP) is 32.9. The molecular weight excluding hydrogens is 1510 g/mol. The Hall–Kier alpha value is 0. The van der Waals surface area contributed by atoms with Gasteiger partial charge in [-0.15, -0.1) is 0 Å². The molecule has 37 rings (SSSR count). The number of hydrogen-bond acceptors (Lipinski definition) is 0. The van der Waals surface area contributed by atoms with Gasteiger partial charge >= 0.3 is 0 Å². The highest BCUT2D eigenvalue weighted by molar-refractivity contribution is 5.23. The van der Waals surface area contributed by atoms with Crippen molar-refractivity contribution in [1.82, 2.24) is 0 Å². The zero-order chi connectivity index (χ0) is 83.3. The molecule has 0 aromatic rings. The van der Waals surface area contributed by atoms with Crippen LogP contribution in [-0.4, -0.2) is 0 Å². The minimum Gasteiger partial charge on any atom is -0.0622 e. The highest BCUT2D eigenvalue weighted by Crippen LogP contribution is 2.81. The second-order valence-corrected chi connectivity index (χ2v) is 60.7. The van der Waals surface area contributed by atoms with Crippen molar-refractivity contribution in [3.8, 4) is 0 Å². The van der Waals surface area contributed by atoms with Gasteiger partial charge in [-0.2, -0.15) is 0 Å². The summed E-state index contributed by atoms with van der Waals surface area (Å²) in [5, 5.41) is 0. The average Bonchev–Trinajstić information content (AvgIpc) is 1.51. The van der Waals surface area contributed by atoms with Gasteiger partial charge in [0.2, 0.25) is 0 Å². The summed E-state index contributed by atoms with van der Waals surface area (Å²) in [7, 11) is 0. The molecule has 0 aliphatic heterocycles. The first-order valence-corrected chi connectivity index (χ1v) is 61.6. The third-order valence-electron chi connectivity index (χ3n) is 58.0. The molecule has 0 N–H and O–H groups in total. The van der Waals surface area contributed by atoms with Gasteiger partial charge in [-0.25, -0.2) is 0 Å². The number of hydrogen-bond donors (Lipinski definition) is 0. The molecule has 0 nitrogen and oxygen atoms in total.